The number of hydrogen-bond acceptors (Lipinski definition) is 3. The number of ether oxygens (including phenoxy) is 2. The van der Waals surface area contributed by atoms with E-state index in [1.165, 1.54) is 0 Å². The van der Waals surface area contributed by atoms with E-state index in [1.807, 2.05) is 67.3 Å². The van der Waals surface area contributed by atoms with Crippen LogP contribution in [-0.4, -0.2) is 37.7 Å². The molecule has 0 fully saturated rings. The predicted molar refractivity (Wildman–Crippen MR) is 95.4 cm³/mol. The minimum atomic E-state index is 0.00190. The lowest BCUT2D eigenvalue weighted by molar-refractivity contribution is 0.0680. The monoisotopic (exact) mass is 327 g/mol. The molecule has 0 bridgehead atoms. The van der Waals surface area contributed by atoms with Crippen molar-refractivity contribution in [1.29, 1.82) is 0 Å². The Labute approximate surface area is 144 Å². The summed E-state index contributed by atoms with van der Waals surface area (Å²) in [6, 6.07) is 15.6. The zero-order chi connectivity index (χ0) is 17.4. The summed E-state index contributed by atoms with van der Waals surface area (Å²) in [5, 5.41) is 0. The van der Waals surface area contributed by atoms with Gasteiger partial charge in [-0.25, -0.2) is 0 Å². The number of amides is 1. The predicted octanol–water partition coefficient (Wildman–Crippen LogP) is 3.68. The Morgan fingerprint density at radius 3 is 2.50 bits per heavy atom. The average molecular weight is 327 g/mol. The van der Waals surface area contributed by atoms with Crippen LogP contribution in [0.2, 0.25) is 0 Å². The van der Waals surface area contributed by atoms with Gasteiger partial charge in [-0.1, -0.05) is 30.3 Å². The van der Waals surface area contributed by atoms with Gasteiger partial charge in [0.25, 0.3) is 5.91 Å². The summed E-state index contributed by atoms with van der Waals surface area (Å²) < 4.78 is 10.7. The number of aryl methyl sites for hydroxylation is 1. The fourth-order valence-corrected chi connectivity index (χ4v) is 2.54. The SMILES string of the molecule is CCOc1ccc(C(=O)N(CCOC)Cc2ccccc2)cc1C. The lowest BCUT2D eigenvalue weighted by atomic mass is 10.1. The number of methoxy groups -OCH3 is 1. The summed E-state index contributed by atoms with van der Waals surface area (Å²) in [6.07, 6.45) is 0. The second-order valence-corrected chi connectivity index (χ2v) is 5.62. The van der Waals surface area contributed by atoms with E-state index in [4.69, 9.17) is 9.47 Å². The maximum Gasteiger partial charge on any atom is 0.254 e. The van der Waals surface area contributed by atoms with Gasteiger partial charge in [0, 0.05) is 25.8 Å². The van der Waals surface area contributed by atoms with E-state index in [1.54, 1.807) is 7.11 Å². The fourth-order valence-electron chi connectivity index (χ4n) is 2.54. The highest BCUT2D eigenvalue weighted by Crippen LogP contribution is 2.20. The minimum absolute atomic E-state index is 0.00190. The summed E-state index contributed by atoms with van der Waals surface area (Å²) in [7, 11) is 1.65. The number of hydrogen-bond donors (Lipinski definition) is 0. The van der Waals surface area contributed by atoms with Gasteiger partial charge in [0.05, 0.1) is 13.2 Å². The smallest absolute Gasteiger partial charge is 0.254 e. The Kier molecular flexibility index (Phi) is 6.82. The van der Waals surface area contributed by atoms with Crippen molar-refractivity contribution in [2.75, 3.05) is 26.9 Å². The van der Waals surface area contributed by atoms with E-state index in [0.717, 1.165) is 16.9 Å². The van der Waals surface area contributed by atoms with Gasteiger partial charge in [-0.2, -0.15) is 0 Å². The van der Waals surface area contributed by atoms with Crippen molar-refractivity contribution < 1.29 is 14.3 Å². The summed E-state index contributed by atoms with van der Waals surface area (Å²) >= 11 is 0. The van der Waals surface area contributed by atoms with Gasteiger partial charge in [0.1, 0.15) is 5.75 Å². The van der Waals surface area contributed by atoms with Gasteiger partial charge in [0.15, 0.2) is 0 Å². The molecule has 0 saturated carbocycles. The number of benzene rings is 2. The first-order valence-electron chi connectivity index (χ1n) is 8.21. The van der Waals surface area contributed by atoms with Crippen LogP contribution in [0.1, 0.15) is 28.4 Å². The molecule has 0 aliphatic heterocycles. The molecule has 0 aliphatic carbocycles. The Morgan fingerprint density at radius 1 is 1.12 bits per heavy atom. The van der Waals surface area contributed by atoms with Gasteiger partial charge in [-0.15, -0.1) is 0 Å². The minimum Gasteiger partial charge on any atom is -0.494 e. The first-order valence-corrected chi connectivity index (χ1v) is 8.21. The lowest BCUT2D eigenvalue weighted by Gasteiger charge is -2.23. The van der Waals surface area contributed by atoms with Gasteiger partial charge in [-0.3, -0.25) is 4.79 Å². The molecule has 0 aromatic heterocycles. The maximum atomic E-state index is 12.9. The van der Waals surface area contributed by atoms with Gasteiger partial charge >= 0.3 is 0 Å². The van der Waals surface area contributed by atoms with E-state index in [9.17, 15) is 4.79 Å². The average Bonchev–Trinajstić information content (AvgIpc) is 2.60. The van der Waals surface area contributed by atoms with Crippen LogP contribution < -0.4 is 4.74 Å². The van der Waals surface area contributed by atoms with Crippen LogP contribution in [0.15, 0.2) is 48.5 Å². The number of nitrogens with zero attached hydrogens (tertiary/aromatic N) is 1. The van der Waals surface area contributed by atoms with E-state index in [2.05, 4.69) is 0 Å². The third-order valence-electron chi connectivity index (χ3n) is 3.79. The Bertz CT molecular complexity index is 655. The van der Waals surface area contributed by atoms with Crippen LogP contribution in [0.25, 0.3) is 0 Å². The van der Waals surface area contributed by atoms with Crippen LogP contribution >= 0.6 is 0 Å². The van der Waals surface area contributed by atoms with Crippen LogP contribution in [0.4, 0.5) is 0 Å². The largest absolute Gasteiger partial charge is 0.494 e. The Balaban J connectivity index is 2.18. The maximum absolute atomic E-state index is 12.9. The topological polar surface area (TPSA) is 38.8 Å². The van der Waals surface area contributed by atoms with Crippen molar-refractivity contribution >= 4 is 5.91 Å². The molecule has 2 aromatic carbocycles. The van der Waals surface area contributed by atoms with Crippen molar-refractivity contribution in [3.8, 4) is 5.75 Å². The van der Waals surface area contributed by atoms with Crippen molar-refractivity contribution in [2.45, 2.75) is 20.4 Å². The molecule has 0 spiro atoms. The number of carbonyl (C=O) groups is 1. The van der Waals surface area contributed by atoms with Crippen molar-refractivity contribution in [2.24, 2.45) is 0 Å². The number of carbonyl (C=O) groups excluding carboxylic acids is 1. The van der Waals surface area contributed by atoms with Gasteiger partial charge in [0.2, 0.25) is 0 Å². The molecule has 128 valence electrons. The van der Waals surface area contributed by atoms with Gasteiger partial charge in [-0.05, 0) is 43.2 Å². The van der Waals surface area contributed by atoms with Crippen LogP contribution in [0, 0.1) is 6.92 Å². The van der Waals surface area contributed by atoms with Crippen LogP contribution in [0.3, 0.4) is 0 Å². The van der Waals surface area contributed by atoms with Crippen LogP contribution in [0.5, 0.6) is 5.75 Å². The molecule has 24 heavy (non-hydrogen) atoms. The molecule has 0 unspecified atom stereocenters. The highest BCUT2D eigenvalue weighted by atomic mass is 16.5. The zero-order valence-electron chi connectivity index (χ0n) is 14.6. The molecule has 0 N–H and O–H groups in total. The number of rotatable bonds is 8. The third kappa shape index (κ3) is 4.83. The summed E-state index contributed by atoms with van der Waals surface area (Å²) in [6.45, 7) is 6.14. The van der Waals surface area contributed by atoms with Crippen molar-refractivity contribution in [3.05, 3.63) is 65.2 Å². The molecule has 4 nitrogen and oxygen atoms in total. The van der Waals surface area contributed by atoms with E-state index in [0.29, 0.717) is 31.9 Å². The second-order valence-electron chi connectivity index (χ2n) is 5.62. The van der Waals surface area contributed by atoms with Gasteiger partial charge < -0.3 is 14.4 Å². The summed E-state index contributed by atoms with van der Waals surface area (Å²) in [5.41, 5.74) is 2.74. The highest BCUT2D eigenvalue weighted by Gasteiger charge is 2.17. The summed E-state index contributed by atoms with van der Waals surface area (Å²) in [4.78, 5) is 14.7. The van der Waals surface area contributed by atoms with E-state index in [-0.39, 0.29) is 5.91 Å². The fraction of sp³-hybridized carbons (Fsp3) is 0.350. The first kappa shape index (κ1) is 18.0. The molecular weight excluding hydrogens is 302 g/mol. The van der Waals surface area contributed by atoms with Crippen molar-refractivity contribution in [1.82, 2.24) is 4.90 Å². The zero-order valence-corrected chi connectivity index (χ0v) is 14.6. The van der Waals surface area contributed by atoms with Crippen LogP contribution in [-0.2, 0) is 11.3 Å². The molecule has 0 saturated heterocycles. The summed E-state index contributed by atoms with van der Waals surface area (Å²) in [5.74, 6) is 0.822. The Morgan fingerprint density at radius 2 is 1.88 bits per heavy atom. The highest BCUT2D eigenvalue weighted by molar-refractivity contribution is 5.94. The molecule has 4 heteroatoms. The molecule has 2 aromatic rings. The van der Waals surface area contributed by atoms with E-state index < -0.39 is 0 Å². The lowest BCUT2D eigenvalue weighted by Crippen LogP contribution is -2.33. The Hall–Kier alpha value is -2.33. The molecule has 2 rings (SSSR count). The molecule has 1 amide bonds. The molecule has 0 aliphatic rings. The molecule has 0 radical (unpaired) electrons. The third-order valence-corrected chi connectivity index (χ3v) is 3.79. The van der Waals surface area contributed by atoms with E-state index >= 15 is 0 Å². The quantitative estimate of drug-likeness (QED) is 0.742. The second kappa shape index (κ2) is 9.08. The molecular formula is C20H25NO3. The standard InChI is InChI=1S/C20H25NO3/c1-4-24-19-11-10-18(14-16(19)2)20(22)21(12-13-23-3)15-17-8-6-5-7-9-17/h5-11,14H,4,12-13,15H2,1-3H3. The van der Waals surface area contributed by atoms with Crippen molar-refractivity contribution in [3.63, 3.8) is 0 Å². The normalized spacial score (nSPS) is 10.5. The molecule has 0 heterocycles. The first-order chi connectivity index (χ1) is 11.7. The molecule has 0 atom stereocenters.